The second-order valence-corrected chi connectivity index (χ2v) is 8.00. The fraction of sp³-hybridized carbons (Fsp3) is 0.304. The number of hydrogen-bond acceptors (Lipinski definition) is 4. The SMILES string of the molecule is O=C(CN1C(=O)N[C@]2(CCc3ccccc32)C1=O)c1ccc(N2CCCC2=O)cc1. The zero-order valence-corrected chi connectivity index (χ0v) is 16.4. The fourth-order valence-corrected chi connectivity index (χ4v) is 4.72. The molecule has 3 aliphatic rings. The average Bonchev–Trinajstić information content (AvgIpc) is 3.42. The highest BCUT2D eigenvalue weighted by molar-refractivity contribution is 6.12. The molecule has 2 heterocycles. The van der Waals surface area contributed by atoms with Gasteiger partial charge in [-0.25, -0.2) is 4.79 Å². The summed E-state index contributed by atoms with van der Waals surface area (Å²) in [6, 6.07) is 13.8. The Kier molecular flexibility index (Phi) is 4.20. The van der Waals surface area contributed by atoms with Crippen molar-refractivity contribution in [1.82, 2.24) is 10.2 Å². The van der Waals surface area contributed by atoms with E-state index in [1.54, 1.807) is 29.2 Å². The van der Waals surface area contributed by atoms with Crippen LogP contribution in [0.15, 0.2) is 48.5 Å². The Bertz CT molecular complexity index is 1080. The number of urea groups is 1. The van der Waals surface area contributed by atoms with Gasteiger partial charge < -0.3 is 10.2 Å². The molecule has 30 heavy (non-hydrogen) atoms. The molecular weight excluding hydrogens is 382 g/mol. The van der Waals surface area contributed by atoms with Gasteiger partial charge in [0.05, 0.1) is 6.54 Å². The molecule has 4 amide bonds. The minimum atomic E-state index is -1.06. The third kappa shape index (κ3) is 2.73. The molecular formula is C23H21N3O4. The average molecular weight is 403 g/mol. The lowest BCUT2D eigenvalue weighted by molar-refractivity contribution is -0.131. The molecule has 152 valence electrons. The minimum Gasteiger partial charge on any atom is -0.319 e. The molecule has 0 aromatic heterocycles. The van der Waals surface area contributed by atoms with Crippen LogP contribution in [0.2, 0.25) is 0 Å². The third-order valence-corrected chi connectivity index (χ3v) is 6.30. The molecule has 2 saturated heterocycles. The highest BCUT2D eigenvalue weighted by atomic mass is 16.2. The predicted octanol–water partition coefficient (Wildman–Crippen LogP) is 2.39. The Morgan fingerprint density at radius 2 is 1.77 bits per heavy atom. The van der Waals surface area contributed by atoms with E-state index < -0.39 is 11.6 Å². The van der Waals surface area contributed by atoms with Crippen LogP contribution in [0.4, 0.5) is 10.5 Å². The number of hydrogen-bond donors (Lipinski definition) is 1. The van der Waals surface area contributed by atoms with E-state index in [1.807, 2.05) is 24.3 Å². The van der Waals surface area contributed by atoms with E-state index in [9.17, 15) is 19.2 Å². The van der Waals surface area contributed by atoms with E-state index in [2.05, 4.69) is 5.32 Å². The predicted molar refractivity (Wildman–Crippen MR) is 109 cm³/mol. The lowest BCUT2D eigenvalue weighted by Crippen LogP contribution is -2.42. The second-order valence-electron chi connectivity index (χ2n) is 8.00. The maximum atomic E-state index is 13.2. The summed E-state index contributed by atoms with van der Waals surface area (Å²) in [5, 5.41) is 2.83. The molecule has 2 fully saturated rings. The number of imide groups is 1. The van der Waals surface area contributed by atoms with Crippen molar-refractivity contribution in [2.45, 2.75) is 31.2 Å². The van der Waals surface area contributed by atoms with Gasteiger partial charge >= 0.3 is 6.03 Å². The van der Waals surface area contributed by atoms with Crippen LogP contribution in [0.25, 0.3) is 0 Å². The Hall–Kier alpha value is -3.48. The van der Waals surface area contributed by atoms with E-state index in [1.165, 1.54) is 0 Å². The van der Waals surface area contributed by atoms with Gasteiger partial charge in [0.2, 0.25) is 5.91 Å². The van der Waals surface area contributed by atoms with E-state index in [0.717, 1.165) is 28.1 Å². The van der Waals surface area contributed by atoms with Crippen LogP contribution in [0.5, 0.6) is 0 Å². The summed E-state index contributed by atoms with van der Waals surface area (Å²) in [4.78, 5) is 53.1. The molecule has 1 atom stereocenters. The quantitative estimate of drug-likeness (QED) is 0.627. The van der Waals surface area contributed by atoms with Crippen molar-refractivity contribution in [3.63, 3.8) is 0 Å². The zero-order valence-electron chi connectivity index (χ0n) is 16.4. The van der Waals surface area contributed by atoms with Crippen LogP contribution in [-0.2, 0) is 21.5 Å². The van der Waals surface area contributed by atoms with Crippen LogP contribution in [0.3, 0.4) is 0 Å². The van der Waals surface area contributed by atoms with E-state index in [-0.39, 0.29) is 24.1 Å². The van der Waals surface area contributed by atoms with Crippen LogP contribution < -0.4 is 10.2 Å². The number of Topliss-reactive ketones (excluding diaryl/α,β-unsaturated/α-hetero) is 1. The van der Waals surface area contributed by atoms with Crippen LogP contribution in [0, 0.1) is 0 Å². The monoisotopic (exact) mass is 403 g/mol. The van der Waals surface area contributed by atoms with Crippen molar-refractivity contribution in [2.75, 3.05) is 18.0 Å². The number of carbonyl (C=O) groups excluding carboxylic acids is 4. The smallest absolute Gasteiger partial charge is 0.319 e. The van der Waals surface area contributed by atoms with Gasteiger partial charge in [0.25, 0.3) is 5.91 Å². The number of ketones is 1. The van der Waals surface area contributed by atoms with Crippen molar-refractivity contribution in [2.24, 2.45) is 0 Å². The van der Waals surface area contributed by atoms with Crippen molar-refractivity contribution < 1.29 is 19.2 Å². The Morgan fingerprint density at radius 3 is 2.50 bits per heavy atom. The molecule has 2 aromatic rings. The van der Waals surface area contributed by atoms with E-state index >= 15 is 0 Å². The lowest BCUT2D eigenvalue weighted by Gasteiger charge is -2.22. The van der Waals surface area contributed by atoms with Gasteiger partial charge in [0.15, 0.2) is 5.78 Å². The van der Waals surface area contributed by atoms with E-state index in [0.29, 0.717) is 31.4 Å². The molecule has 0 radical (unpaired) electrons. The fourth-order valence-electron chi connectivity index (χ4n) is 4.72. The first-order valence-electron chi connectivity index (χ1n) is 10.2. The Labute approximate surface area is 173 Å². The number of nitrogens with zero attached hydrogens (tertiary/aromatic N) is 2. The molecule has 7 heteroatoms. The van der Waals surface area contributed by atoms with Gasteiger partial charge in [-0.05, 0) is 54.7 Å². The van der Waals surface area contributed by atoms with Crippen molar-refractivity contribution >= 4 is 29.3 Å². The van der Waals surface area contributed by atoms with Crippen molar-refractivity contribution in [3.8, 4) is 0 Å². The number of benzene rings is 2. The number of amides is 4. The molecule has 1 aliphatic carbocycles. The van der Waals surface area contributed by atoms with Gasteiger partial charge in [-0.2, -0.15) is 0 Å². The summed E-state index contributed by atoms with van der Waals surface area (Å²) in [5.41, 5.74) is 1.96. The minimum absolute atomic E-state index is 0.0792. The Balaban J connectivity index is 1.34. The number of nitrogens with one attached hydrogen (secondary N) is 1. The molecule has 5 rings (SSSR count). The number of anilines is 1. The highest BCUT2D eigenvalue weighted by Gasteiger charge is 2.55. The van der Waals surface area contributed by atoms with Gasteiger partial charge in [-0.3, -0.25) is 19.3 Å². The summed E-state index contributed by atoms with van der Waals surface area (Å²) in [5.74, 6) is -0.609. The maximum Gasteiger partial charge on any atom is 0.325 e. The second kappa shape index (κ2) is 6.79. The normalized spacial score (nSPS) is 22.7. The van der Waals surface area contributed by atoms with Crippen LogP contribution in [-0.4, -0.2) is 41.6 Å². The number of fused-ring (bicyclic) bond motifs is 2. The molecule has 0 saturated carbocycles. The Morgan fingerprint density at radius 1 is 1.00 bits per heavy atom. The van der Waals surface area contributed by atoms with Crippen LogP contribution >= 0.6 is 0 Å². The third-order valence-electron chi connectivity index (χ3n) is 6.30. The lowest BCUT2D eigenvalue weighted by atomic mass is 9.92. The number of rotatable bonds is 4. The molecule has 7 nitrogen and oxygen atoms in total. The van der Waals surface area contributed by atoms with Crippen molar-refractivity contribution in [3.05, 3.63) is 65.2 Å². The maximum absolute atomic E-state index is 13.2. The standard InChI is InChI=1S/C23H21N3O4/c27-19(16-7-9-17(10-8-16)25-13-3-6-20(25)28)14-26-21(29)23(24-22(26)30)12-11-15-4-1-2-5-18(15)23/h1-2,4-5,7-10H,3,6,11-14H2,(H,24,30)/t23-/m0/s1. The van der Waals surface area contributed by atoms with E-state index in [4.69, 9.17) is 0 Å². The molecule has 1 spiro atoms. The first kappa shape index (κ1) is 18.5. The molecule has 2 aromatic carbocycles. The highest BCUT2D eigenvalue weighted by Crippen LogP contribution is 2.41. The molecule has 2 aliphatic heterocycles. The first-order valence-corrected chi connectivity index (χ1v) is 10.2. The summed E-state index contributed by atoms with van der Waals surface area (Å²) >= 11 is 0. The topological polar surface area (TPSA) is 86.8 Å². The van der Waals surface area contributed by atoms with Crippen molar-refractivity contribution in [1.29, 1.82) is 0 Å². The van der Waals surface area contributed by atoms with Gasteiger partial charge in [-0.15, -0.1) is 0 Å². The summed E-state index contributed by atoms with van der Waals surface area (Å²) in [6.45, 7) is 0.370. The number of aryl methyl sites for hydroxylation is 1. The van der Waals surface area contributed by atoms with Gasteiger partial charge in [0, 0.05) is 24.2 Å². The summed E-state index contributed by atoms with van der Waals surface area (Å²) in [6.07, 6.45) is 2.58. The van der Waals surface area contributed by atoms with Gasteiger partial charge in [-0.1, -0.05) is 24.3 Å². The zero-order chi connectivity index (χ0) is 20.9. The largest absolute Gasteiger partial charge is 0.325 e. The molecule has 1 N–H and O–H groups in total. The number of carbonyl (C=O) groups is 4. The first-order chi connectivity index (χ1) is 14.5. The van der Waals surface area contributed by atoms with Gasteiger partial charge in [0.1, 0.15) is 5.54 Å². The van der Waals surface area contributed by atoms with Crippen LogP contribution in [0.1, 0.15) is 40.7 Å². The summed E-state index contributed by atoms with van der Waals surface area (Å²) in [7, 11) is 0. The molecule has 0 unspecified atom stereocenters. The summed E-state index contributed by atoms with van der Waals surface area (Å²) < 4.78 is 0. The molecule has 0 bridgehead atoms.